The Morgan fingerprint density at radius 3 is 2.38 bits per heavy atom. The number of morpholine rings is 1. The number of amides is 1. The highest BCUT2D eigenvalue weighted by atomic mass is 32.1. The number of hydrogen-bond acceptors (Lipinski definition) is 5. The summed E-state index contributed by atoms with van der Waals surface area (Å²) < 4.78 is 7.35. The summed E-state index contributed by atoms with van der Waals surface area (Å²) >= 11 is 4.33. The minimum absolute atomic E-state index is 0.124. The molecule has 6 heteroatoms. The molecular weight excluding hydrogens is 286 g/mol. The van der Waals surface area contributed by atoms with E-state index in [0.29, 0.717) is 0 Å². The van der Waals surface area contributed by atoms with Gasteiger partial charge in [-0.25, -0.2) is 4.31 Å². The molecule has 0 N–H and O–H groups in total. The molecule has 0 bridgehead atoms. The molecule has 21 heavy (non-hydrogen) atoms. The van der Waals surface area contributed by atoms with E-state index in [9.17, 15) is 4.79 Å². The summed E-state index contributed by atoms with van der Waals surface area (Å²) in [6.45, 7) is 6.23. The topological polar surface area (TPSA) is 36.0 Å². The molecule has 0 unspecified atom stereocenters. The number of anilines is 1. The highest BCUT2D eigenvalue weighted by molar-refractivity contribution is 7.77. The van der Waals surface area contributed by atoms with E-state index in [1.165, 1.54) is 0 Å². The van der Waals surface area contributed by atoms with E-state index in [1.807, 2.05) is 33.5 Å². The Labute approximate surface area is 131 Å². The van der Waals surface area contributed by atoms with Crippen molar-refractivity contribution in [3.8, 4) is 0 Å². The minimum atomic E-state index is 0.124. The van der Waals surface area contributed by atoms with Crippen LogP contribution in [0.25, 0.3) is 0 Å². The molecule has 3 rings (SSSR count). The number of para-hydroxylation sites is 1. The molecule has 1 amide bonds. The lowest BCUT2D eigenvalue weighted by atomic mass is 10.1. The van der Waals surface area contributed by atoms with Gasteiger partial charge in [-0.2, -0.15) is 0 Å². The average molecular weight is 307 g/mol. The van der Waals surface area contributed by atoms with Gasteiger partial charge in [0.25, 0.3) is 5.91 Å². The van der Waals surface area contributed by atoms with Crippen molar-refractivity contribution >= 4 is 24.4 Å². The Hall–Kier alpha value is -1.24. The third-order valence-corrected chi connectivity index (χ3v) is 4.43. The van der Waals surface area contributed by atoms with Gasteiger partial charge in [0, 0.05) is 45.0 Å². The van der Waals surface area contributed by atoms with Crippen molar-refractivity contribution in [2.75, 3.05) is 57.4 Å². The predicted octanol–water partition coefficient (Wildman–Crippen LogP) is 1.13. The van der Waals surface area contributed by atoms with Crippen molar-refractivity contribution in [1.29, 1.82) is 0 Å². The molecule has 1 aromatic rings. The van der Waals surface area contributed by atoms with Gasteiger partial charge in [0.15, 0.2) is 0 Å². The smallest absolute Gasteiger partial charge is 0.256 e. The quantitative estimate of drug-likeness (QED) is 0.831. The zero-order valence-electron chi connectivity index (χ0n) is 12.1. The van der Waals surface area contributed by atoms with Gasteiger partial charge in [-0.1, -0.05) is 24.9 Å². The fraction of sp³-hybridized carbons (Fsp3) is 0.533. The summed E-state index contributed by atoms with van der Waals surface area (Å²) in [5.41, 5.74) is 1.83. The second-order valence-corrected chi connectivity index (χ2v) is 5.93. The standard InChI is InChI=1S/C15H21N3O2S/c19-15(17-5-7-18(21)8-6-17)13-3-1-2-4-14(13)16-9-11-20-12-10-16/h1-4,21H,5-12H2. The Morgan fingerprint density at radius 2 is 1.67 bits per heavy atom. The molecule has 2 heterocycles. The SMILES string of the molecule is O=C(c1ccccc1N1CCOCC1)N1CCN(S)CC1. The normalized spacial score (nSPS) is 20.6. The number of ether oxygens (including phenoxy) is 1. The minimum Gasteiger partial charge on any atom is -0.378 e. The van der Waals surface area contributed by atoms with Crippen LogP contribution in [0.5, 0.6) is 0 Å². The van der Waals surface area contributed by atoms with Crippen LogP contribution in [-0.4, -0.2) is 67.6 Å². The monoisotopic (exact) mass is 307 g/mol. The van der Waals surface area contributed by atoms with Gasteiger partial charge in [-0.05, 0) is 12.1 Å². The molecule has 114 valence electrons. The largest absolute Gasteiger partial charge is 0.378 e. The number of rotatable bonds is 2. The van der Waals surface area contributed by atoms with Crippen molar-refractivity contribution in [1.82, 2.24) is 9.21 Å². The van der Waals surface area contributed by atoms with E-state index in [4.69, 9.17) is 4.74 Å². The zero-order valence-corrected chi connectivity index (χ0v) is 13.0. The third kappa shape index (κ3) is 3.33. The maximum absolute atomic E-state index is 12.8. The molecular formula is C15H21N3O2S. The summed E-state index contributed by atoms with van der Waals surface area (Å²) in [4.78, 5) is 17.0. The Bertz CT molecular complexity index is 497. The molecule has 2 aliphatic rings. The number of hydrogen-bond donors (Lipinski definition) is 1. The molecule has 0 aliphatic carbocycles. The van der Waals surface area contributed by atoms with Gasteiger partial charge in [0.2, 0.25) is 0 Å². The van der Waals surface area contributed by atoms with E-state index >= 15 is 0 Å². The number of nitrogens with zero attached hydrogens (tertiary/aromatic N) is 3. The van der Waals surface area contributed by atoms with Crippen LogP contribution in [0.3, 0.4) is 0 Å². The first-order chi connectivity index (χ1) is 10.3. The van der Waals surface area contributed by atoms with E-state index < -0.39 is 0 Å². The van der Waals surface area contributed by atoms with Crippen LogP contribution in [0.2, 0.25) is 0 Å². The molecule has 0 radical (unpaired) electrons. The van der Waals surface area contributed by atoms with Crippen LogP contribution in [0.4, 0.5) is 5.69 Å². The molecule has 2 aliphatic heterocycles. The lowest BCUT2D eigenvalue weighted by molar-refractivity contribution is 0.0704. The number of piperazine rings is 1. The van der Waals surface area contributed by atoms with Gasteiger partial charge in [0.1, 0.15) is 0 Å². The molecule has 0 saturated carbocycles. The van der Waals surface area contributed by atoms with Crippen LogP contribution >= 0.6 is 12.8 Å². The Kier molecular flexibility index (Phi) is 4.67. The van der Waals surface area contributed by atoms with Gasteiger partial charge >= 0.3 is 0 Å². The van der Waals surface area contributed by atoms with Crippen LogP contribution in [-0.2, 0) is 4.74 Å². The number of carbonyl (C=O) groups is 1. The van der Waals surface area contributed by atoms with Gasteiger partial charge in [0.05, 0.1) is 18.8 Å². The van der Waals surface area contributed by atoms with E-state index in [-0.39, 0.29) is 5.91 Å². The second kappa shape index (κ2) is 6.68. The summed E-state index contributed by atoms with van der Waals surface area (Å²) in [6, 6.07) is 7.90. The lowest BCUT2D eigenvalue weighted by Crippen LogP contribution is -2.46. The Balaban J connectivity index is 1.79. The third-order valence-electron chi connectivity index (χ3n) is 4.03. The zero-order chi connectivity index (χ0) is 14.7. The highest BCUT2D eigenvalue weighted by Gasteiger charge is 2.24. The second-order valence-electron chi connectivity index (χ2n) is 5.36. The first-order valence-corrected chi connectivity index (χ1v) is 7.80. The fourth-order valence-corrected chi connectivity index (χ4v) is 2.98. The maximum atomic E-state index is 12.8. The molecule has 5 nitrogen and oxygen atoms in total. The van der Waals surface area contributed by atoms with Crippen LogP contribution in [0.15, 0.2) is 24.3 Å². The van der Waals surface area contributed by atoms with Gasteiger partial charge in [-0.3, -0.25) is 4.79 Å². The van der Waals surface area contributed by atoms with Crippen LogP contribution < -0.4 is 4.90 Å². The molecule has 2 saturated heterocycles. The molecule has 0 aromatic heterocycles. The van der Waals surface area contributed by atoms with Crippen LogP contribution in [0.1, 0.15) is 10.4 Å². The average Bonchev–Trinajstić information content (AvgIpc) is 2.56. The highest BCUT2D eigenvalue weighted by Crippen LogP contribution is 2.23. The van der Waals surface area contributed by atoms with Crippen molar-refractivity contribution < 1.29 is 9.53 Å². The summed E-state index contributed by atoms with van der Waals surface area (Å²) in [5, 5.41) is 0. The van der Waals surface area contributed by atoms with Gasteiger partial charge in [-0.15, -0.1) is 0 Å². The summed E-state index contributed by atoms with van der Waals surface area (Å²) in [6.07, 6.45) is 0. The summed E-state index contributed by atoms with van der Waals surface area (Å²) in [7, 11) is 0. The first-order valence-electron chi connectivity index (χ1n) is 7.40. The fourth-order valence-electron chi connectivity index (χ4n) is 2.80. The van der Waals surface area contributed by atoms with Crippen molar-refractivity contribution in [2.24, 2.45) is 0 Å². The van der Waals surface area contributed by atoms with Crippen molar-refractivity contribution in [3.05, 3.63) is 29.8 Å². The first kappa shape index (κ1) is 14.7. The maximum Gasteiger partial charge on any atom is 0.256 e. The van der Waals surface area contributed by atoms with Crippen molar-refractivity contribution in [3.63, 3.8) is 0 Å². The molecule has 2 fully saturated rings. The van der Waals surface area contributed by atoms with E-state index in [1.54, 1.807) is 0 Å². The Morgan fingerprint density at radius 1 is 1.00 bits per heavy atom. The number of benzene rings is 1. The molecule has 1 aromatic carbocycles. The molecule has 0 spiro atoms. The van der Waals surface area contributed by atoms with Crippen molar-refractivity contribution in [2.45, 2.75) is 0 Å². The van der Waals surface area contributed by atoms with Gasteiger partial charge < -0.3 is 14.5 Å². The number of thiol groups is 1. The van der Waals surface area contributed by atoms with E-state index in [2.05, 4.69) is 17.7 Å². The van der Waals surface area contributed by atoms with Crippen LogP contribution in [0, 0.1) is 0 Å². The molecule has 0 atom stereocenters. The lowest BCUT2D eigenvalue weighted by Gasteiger charge is -2.34. The van der Waals surface area contributed by atoms with E-state index in [0.717, 1.165) is 63.7 Å². The predicted molar refractivity (Wildman–Crippen MR) is 85.9 cm³/mol. The summed E-state index contributed by atoms with van der Waals surface area (Å²) in [5.74, 6) is 0.124. The number of carbonyl (C=O) groups excluding carboxylic acids is 1.